The van der Waals surface area contributed by atoms with E-state index in [1.54, 1.807) is 0 Å². The SMILES string of the molecule is Cc1ccc(C2CC(CN)CN2C)c(N2CCOCC2)c1. The highest BCUT2D eigenvalue weighted by Crippen LogP contribution is 2.39. The normalized spacial score (nSPS) is 27.3. The van der Waals surface area contributed by atoms with Crippen molar-refractivity contribution in [3.05, 3.63) is 29.3 Å². The zero-order valence-corrected chi connectivity index (χ0v) is 13.2. The van der Waals surface area contributed by atoms with Gasteiger partial charge < -0.3 is 15.4 Å². The van der Waals surface area contributed by atoms with Crippen molar-refractivity contribution >= 4 is 5.69 Å². The second-order valence-electron chi connectivity index (χ2n) is 6.45. The fraction of sp³-hybridized carbons (Fsp3) is 0.647. The van der Waals surface area contributed by atoms with E-state index in [9.17, 15) is 0 Å². The third-order valence-corrected chi connectivity index (χ3v) is 4.86. The van der Waals surface area contributed by atoms with Crippen LogP contribution in [0.4, 0.5) is 5.69 Å². The molecule has 0 aromatic heterocycles. The highest BCUT2D eigenvalue weighted by atomic mass is 16.5. The summed E-state index contributed by atoms with van der Waals surface area (Å²) in [5.41, 5.74) is 10.1. The van der Waals surface area contributed by atoms with E-state index in [1.807, 2.05) is 0 Å². The summed E-state index contributed by atoms with van der Waals surface area (Å²) < 4.78 is 5.50. The third kappa shape index (κ3) is 3.07. The van der Waals surface area contributed by atoms with Crippen molar-refractivity contribution in [1.29, 1.82) is 0 Å². The highest BCUT2D eigenvalue weighted by Gasteiger charge is 2.32. The maximum absolute atomic E-state index is 5.89. The molecule has 21 heavy (non-hydrogen) atoms. The molecule has 2 fully saturated rings. The highest BCUT2D eigenvalue weighted by molar-refractivity contribution is 5.57. The van der Waals surface area contributed by atoms with E-state index >= 15 is 0 Å². The maximum Gasteiger partial charge on any atom is 0.0642 e. The van der Waals surface area contributed by atoms with Crippen molar-refractivity contribution in [2.24, 2.45) is 11.7 Å². The van der Waals surface area contributed by atoms with E-state index in [2.05, 4.69) is 42.0 Å². The van der Waals surface area contributed by atoms with Crippen molar-refractivity contribution < 1.29 is 4.74 Å². The lowest BCUT2D eigenvalue weighted by Crippen LogP contribution is -2.37. The number of ether oxygens (including phenoxy) is 1. The Kier molecular flexibility index (Phi) is 4.48. The largest absolute Gasteiger partial charge is 0.378 e. The van der Waals surface area contributed by atoms with Gasteiger partial charge in [0.15, 0.2) is 0 Å². The summed E-state index contributed by atoms with van der Waals surface area (Å²) in [4.78, 5) is 4.95. The molecule has 0 bridgehead atoms. The van der Waals surface area contributed by atoms with Crippen LogP contribution >= 0.6 is 0 Å². The molecule has 1 aromatic carbocycles. The lowest BCUT2D eigenvalue weighted by Gasteiger charge is -2.33. The number of anilines is 1. The summed E-state index contributed by atoms with van der Waals surface area (Å²) in [6.45, 7) is 7.73. The van der Waals surface area contributed by atoms with E-state index in [0.717, 1.165) is 39.4 Å². The third-order valence-electron chi connectivity index (χ3n) is 4.86. The van der Waals surface area contributed by atoms with Gasteiger partial charge in [0.05, 0.1) is 13.2 Å². The number of hydrogen-bond donors (Lipinski definition) is 1. The van der Waals surface area contributed by atoms with Crippen LogP contribution in [0.25, 0.3) is 0 Å². The van der Waals surface area contributed by atoms with Crippen LogP contribution in [0.3, 0.4) is 0 Å². The lowest BCUT2D eigenvalue weighted by atomic mass is 9.96. The fourth-order valence-corrected chi connectivity index (χ4v) is 3.65. The Hall–Kier alpha value is -1.10. The minimum Gasteiger partial charge on any atom is -0.378 e. The predicted molar refractivity (Wildman–Crippen MR) is 86.7 cm³/mol. The number of hydrogen-bond acceptors (Lipinski definition) is 4. The first-order valence-electron chi connectivity index (χ1n) is 8.02. The Morgan fingerprint density at radius 2 is 2.05 bits per heavy atom. The van der Waals surface area contributed by atoms with Gasteiger partial charge in [-0.1, -0.05) is 12.1 Å². The number of morpholine rings is 1. The Morgan fingerprint density at radius 3 is 2.71 bits per heavy atom. The van der Waals surface area contributed by atoms with Crippen molar-refractivity contribution in [3.8, 4) is 0 Å². The minimum atomic E-state index is 0.497. The molecule has 2 heterocycles. The average Bonchev–Trinajstić information content (AvgIpc) is 2.89. The van der Waals surface area contributed by atoms with Crippen molar-refractivity contribution in [2.45, 2.75) is 19.4 Å². The Balaban J connectivity index is 1.90. The van der Waals surface area contributed by atoms with Crippen LogP contribution in [0, 0.1) is 12.8 Å². The van der Waals surface area contributed by atoms with Crippen LogP contribution < -0.4 is 10.6 Å². The van der Waals surface area contributed by atoms with E-state index < -0.39 is 0 Å². The first-order chi connectivity index (χ1) is 10.2. The minimum absolute atomic E-state index is 0.497. The molecule has 0 amide bonds. The zero-order chi connectivity index (χ0) is 14.8. The molecule has 4 heteroatoms. The Labute approximate surface area is 127 Å². The van der Waals surface area contributed by atoms with E-state index in [1.165, 1.54) is 23.2 Å². The topological polar surface area (TPSA) is 41.7 Å². The number of aryl methyl sites for hydroxylation is 1. The number of nitrogens with zero attached hydrogens (tertiary/aromatic N) is 2. The molecule has 2 saturated heterocycles. The second kappa shape index (κ2) is 6.34. The van der Waals surface area contributed by atoms with Gasteiger partial charge in [-0.05, 0) is 50.0 Å². The van der Waals surface area contributed by atoms with Crippen LogP contribution in [0.2, 0.25) is 0 Å². The predicted octanol–water partition coefficient (Wildman–Crippen LogP) is 1.78. The Morgan fingerprint density at radius 1 is 1.29 bits per heavy atom. The quantitative estimate of drug-likeness (QED) is 0.921. The summed E-state index contributed by atoms with van der Waals surface area (Å²) in [6.07, 6.45) is 1.17. The maximum atomic E-state index is 5.89. The molecule has 0 radical (unpaired) electrons. The Bertz CT molecular complexity index is 485. The van der Waals surface area contributed by atoms with Gasteiger partial charge in [-0.25, -0.2) is 0 Å². The first kappa shape index (κ1) is 14.8. The molecule has 2 aliphatic rings. The molecule has 2 aliphatic heterocycles. The van der Waals surface area contributed by atoms with Gasteiger partial charge in [-0.15, -0.1) is 0 Å². The molecule has 2 N–H and O–H groups in total. The van der Waals surface area contributed by atoms with Gasteiger partial charge in [0, 0.05) is 31.4 Å². The van der Waals surface area contributed by atoms with E-state index in [0.29, 0.717) is 12.0 Å². The standard InChI is InChI=1S/C17H27N3O/c1-13-3-4-15(16-10-14(11-18)12-19(16)2)17(9-13)20-5-7-21-8-6-20/h3-4,9,14,16H,5-8,10-12,18H2,1-2H3. The van der Waals surface area contributed by atoms with Gasteiger partial charge >= 0.3 is 0 Å². The van der Waals surface area contributed by atoms with Crippen molar-refractivity contribution in [2.75, 3.05) is 51.3 Å². The van der Waals surface area contributed by atoms with Gasteiger partial charge in [0.1, 0.15) is 0 Å². The molecule has 2 unspecified atom stereocenters. The van der Waals surface area contributed by atoms with Crippen LogP contribution in [0.15, 0.2) is 18.2 Å². The molecule has 4 nitrogen and oxygen atoms in total. The summed E-state index contributed by atoms with van der Waals surface area (Å²) in [6, 6.07) is 7.39. The smallest absolute Gasteiger partial charge is 0.0642 e. The zero-order valence-electron chi connectivity index (χ0n) is 13.2. The molecule has 0 spiro atoms. The molecule has 2 atom stereocenters. The molecular formula is C17H27N3O. The fourth-order valence-electron chi connectivity index (χ4n) is 3.65. The average molecular weight is 289 g/mol. The van der Waals surface area contributed by atoms with E-state index in [-0.39, 0.29) is 0 Å². The lowest BCUT2D eigenvalue weighted by molar-refractivity contribution is 0.122. The summed E-state index contributed by atoms with van der Waals surface area (Å²) in [7, 11) is 2.23. The van der Waals surface area contributed by atoms with Crippen LogP contribution in [-0.4, -0.2) is 51.3 Å². The van der Waals surface area contributed by atoms with Gasteiger partial charge in [-0.2, -0.15) is 0 Å². The van der Waals surface area contributed by atoms with Gasteiger partial charge in [-0.3, -0.25) is 4.90 Å². The number of likely N-dealkylation sites (tertiary alicyclic amines) is 1. The van der Waals surface area contributed by atoms with Crippen LogP contribution in [-0.2, 0) is 4.74 Å². The van der Waals surface area contributed by atoms with Crippen molar-refractivity contribution in [1.82, 2.24) is 4.90 Å². The van der Waals surface area contributed by atoms with Crippen LogP contribution in [0.5, 0.6) is 0 Å². The van der Waals surface area contributed by atoms with Gasteiger partial charge in [0.2, 0.25) is 0 Å². The molecule has 3 rings (SSSR count). The first-order valence-corrected chi connectivity index (χ1v) is 8.02. The number of benzene rings is 1. The van der Waals surface area contributed by atoms with Gasteiger partial charge in [0.25, 0.3) is 0 Å². The number of rotatable bonds is 3. The summed E-state index contributed by atoms with van der Waals surface area (Å²) in [5.74, 6) is 0.624. The molecule has 0 aliphatic carbocycles. The molecular weight excluding hydrogens is 262 g/mol. The number of nitrogens with two attached hydrogens (primary N) is 1. The van der Waals surface area contributed by atoms with Crippen molar-refractivity contribution in [3.63, 3.8) is 0 Å². The summed E-state index contributed by atoms with van der Waals surface area (Å²) in [5, 5.41) is 0. The molecule has 1 aromatic rings. The van der Waals surface area contributed by atoms with E-state index in [4.69, 9.17) is 10.5 Å². The summed E-state index contributed by atoms with van der Waals surface area (Å²) >= 11 is 0. The monoisotopic (exact) mass is 289 g/mol. The molecule has 116 valence electrons. The molecule has 0 saturated carbocycles. The van der Waals surface area contributed by atoms with Crippen LogP contribution in [0.1, 0.15) is 23.6 Å². The second-order valence-corrected chi connectivity index (χ2v) is 6.45.